The van der Waals surface area contributed by atoms with E-state index in [9.17, 15) is 9.59 Å². The molecule has 1 spiro atoms. The fourth-order valence-corrected chi connectivity index (χ4v) is 9.61. The highest BCUT2D eigenvalue weighted by Crippen LogP contribution is 2.72. The summed E-state index contributed by atoms with van der Waals surface area (Å²) in [5.74, 6) is 5.09. The van der Waals surface area contributed by atoms with Crippen molar-refractivity contribution in [3.05, 3.63) is 11.6 Å². The van der Waals surface area contributed by atoms with E-state index in [-0.39, 0.29) is 10.8 Å². The second kappa shape index (κ2) is 7.29. The van der Waals surface area contributed by atoms with Gasteiger partial charge in [-0.25, -0.2) is 0 Å². The number of Topliss-reactive ketones (excluding diaryl/α,β-unsaturated/α-hetero) is 2. The van der Waals surface area contributed by atoms with Crippen LogP contribution in [0.3, 0.4) is 0 Å². The highest BCUT2D eigenvalue weighted by atomic mass is 16.1. The van der Waals surface area contributed by atoms with Gasteiger partial charge in [-0.05, 0) is 97.7 Å². The van der Waals surface area contributed by atoms with E-state index in [1.165, 1.54) is 32.1 Å². The summed E-state index contributed by atoms with van der Waals surface area (Å²) < 4.78 is 0. The van der Waals surface area contributed by atoms with Crippen LogP contribution in [-0.2, 0) is 9.59 Å². The molecule has 5 rings (SSSR count). The molecule has 0 N–H and O–H groups in total. The van der Waals surface area contributed by atoms with Crippen LogP contribution in [0.2, 0.25) is 0 Å². The molecule has 2 heteroatoms. The van der Waals surface area contributed by atoms with Crippen LogP contribution in [-0.4, -0.2) is 11.6 Å². The lowest BCUT2D eigenvalue weighted by Gasteiger charge is -2.59. The molecule has 4 saturated carbocycles. The Morgan fingerprint density at radius 3 is 2.42 bits per heavy atom. The molecule has 0 bridgehead atoms. The molecule has 0 aliphatic heterocycles. The molecule has 0 saturated heterocycles. The van der Waals surface area contributed by atoms with Crippen LogP contribution < -0.4 is 0 Å². The Kier molecular flexibility index (Phi) is 5.15. The summed E-state index contributed by atoms with van der Waals surface area (Å²) in [6, 6.07) is 0. The minimum Gasteiger partial charge on any atom is -0.300 e. The Morgan fingerprint density at radius 2 is 1.74 bits per heavy atom. The minimum absolute atomic E-state index is 0.0256. The largest absolute Gasteiger partial charge is 0.300 e. The highest BCUT2D eigenvalue weighted by Gasteiger charge is 2.65. The molecule has 0 aromatic carbocycles. The van der Waals surface area contributed by atoms with Gasteiger partial charge < -0.3 is 0 Å². The molecule has 0 amide bonds. The number of fused-ring (bicyclic) bond motifs is 6. The molecule has 0 unspecified atom stereocenters. The number of hydrogen-bond acceptors (Lipinski definition) is 2. The third-order valence-corrected chi connectivity index (χ3v) is 11.1. The number of carbonyl (C=O) groups excluding carboxylic acids is 2. The van der Waals surface area contributed by atoms with E-state index in [1.807, 2.05) is 0 Å². The van der Waals surface area contributed by atoms with Gasteiger partial charge in [0.05, 0.1) is 5.41 Å². The van der Waals surface area contributed by atoms with Crippen LogP contribution in [0.1, 0.15) is 105 Å². The predicted molar refractivity (Wildman–Crippen MR) is 125 cm³/mol. The summed E-state index contributed by atoms with van der Waals surface area (Å²) in [7, 11) is 0. The molecule has 5 aliphatic carbocycles. The van der Waals surface area contributed by atoms with Crippen molar-refractivity contribution in [3.63, 3.8) is 0 Å². The number of rotatable bonds is 5. The maximum atomic E-state index is 12.8. The lowest BCUT2D eigenvalue weighted by atomic mass is 9.45. The van der Waals surface area contributed by atoms with Gasteiger partial charge in [0.2, 0.25) is 0 Å². The fraction of sp³-hybridized carbons (Fsp3) is 0.862. The average molecular weight is 425 g/mol. The zero-order valence-electron chi connectivity index (χ0n) is 20.6. The van der Waals surface area contributed by atoms with Gasteiger partial charge in [0.1, 0.15) is 11.6 Å². The molecular formula is C29H44O2. The first-order valence-electron chi connectivity index (χ1n) is 13.4. The molecule has 31 heavy (non-hydrogen) atoms. The smallest absolute Gasteiger partial charge is 0.143 e. The van der Waals surface area contributed by atoms with Gasteiger partial charge >= 0.3 is 0 Å². The molecule has 5 aliphatic rings. The van der Waals surface area contributed by atoms with E-state index in [0.29, 0.717) is 34.7 Å². The third kappa shape index (κ3) is 3.17. The van der Waals surface area contributed by atoms with Crippen molar-refractivity contribution in [2.24, 2.45) is 51.8 Å². The minimum atomic E-state index is -0.0256. The Labute approximate surface area is 190 Å². The molecular weight excluding hydrogens is 380 g/mol. The van der Waals surface area contributed by atoms with Gasteiger partial charge in [-0.15, -0.1) is 0 Å². The lowest BCUT2D eigenvalue weighted by molar-refractivity contribution is -0.129. The summed E-state index contributed by atoms with van der Waals surface area (Å²) in [4.78, 5) is 25.3. The second-order valence-corrected chi connectivity index (χ2v) is 13.2. The van der Waals surface area contributed by atoms with Gasteiger partial charge in [-0.3, -0.25) is 9.59 Å². The molecule has 0 aromatic rings. The van der Waals surface area contributed by atoms with Crippen molar-refractivity contribution in [2.45, 2.75) is 105 Å². The Morgan fingerprint density at radius 1 is 1.00 bits per heavy atom. The van der Waals surface area contributed by atoms with E-state index in [4.69, 9.17) is 0 Å². The number of hydrogen-bond donors (Lipinski definition) is 0. The number of ketones is 2. The second-order valence-electron chi connectivity index (χ2n) is 13.2. The summed E-state index contributed by atoms with van der Waals surface area (Å²) >= 11 is 0. The quantitative estimate of drug-likeness (QED) is 0.439. The van der Waals surface area contributed by atoms with Gasteiger partial charge in [-0.2, -0.15) is 0 Å². The zero-order valence-corrected chi connectivity index (χ0v) is 20.6. The summed E-state index contributed by atoms with van der Waals surface area (Å²) in [6.07, 6.45) is 14.8. The van der Waals surface area contributed by atoms with E-state index in [1.54, 1.807) is 5.57 Å². The number of carbonyl (C=O) groups is 2. The van der Waals surface area contributed by atoms with Gasteiger partial charge in [0.15, 0.2) is 0 Å². The first-order valence-corrected chi connectivity index (χ1v) is 13.4. The van der Waals surface area contributed by atoms with Crippen LogP contribution in [0.15, 0.2) is 11.6 Å². The lowest BCUT2D eigenvalue weighted by Crippen LogP contribution is -2.52. The van der Waals surface area contributed by atoms with Crippen LogP contribution in [0.4, 0.5) is 0 Å². The summed E-state index contributed by atoms with van der Waals surface area (Å²) in [5, 5.41) is 0. The first kappa shape index (κ1) is 21.9. The maximum Gasteiger partial charge on any atom is 0.143 e. The van der Waals surface area contributed by atoms with Gasteiger partial charge in [-0.1, -0.05) is 46.3 Å². The van der Waals surface area contributed by atoms with E-state index < -0.39 is 0 Å². The van der Waals surface area contributed by atoms with E-state index in [2.05, 4.69) is 40.7 Å². The Bertz CT molecular complexity index is 802. The highest BCUT2D eigenvalue weighted by molar-refractivity contribution is 5.92. The first-order chi connectivity index (χ1) is 14.6. The fourth-order valence-electron chi connectivity index (χ4n) is 9.61. The van der Waals surface area contributed by atoms with E-state index >= 15 is 0 Å². The molecule has 4 fully saturated rings. The monoisotopic (exact) mass is 424 g/mol. The van der Waals surface area contributed by atoms with Crippen molar-refractivity contribution in [3.8, 4) is 0 Å². The molecule has 0 radical (unpaired) electrons. The van der Waals surface area contributed by atoms with Crippen molar-refractivity contribution in [1.82, 2.24) is 0 Å². The van der Waals surface area contributed by atoms with Crippen LogP contribution in [0.5, 0.6) is 0 Å². The van der Waals surface area contributed by atoms with Crippen molar-refractivity contribution in [2.75, 3.05) is 0 Å². The van der Waals surface area contributed by atoms with Crippen LogP contribution in [0.25, 0.3) is 0 Å². The summed E-state index contributed by atoms with van der Waals surface area (Å²) in [5.41, 5.74) is 2.22. The molecule has 172 valence electrons. The van der Waals surface area contributed by atoms with E-state index in [0.717, 1.165) is 56.3 Å². The van der Waals surface area contributed by atoms with Crippen molar-refractivity contribution in [1.29, 1.82) is 0 Å². The van der Waals surface area contributed by atoms with Crippen LogP contribution in [0, 0.1) is 51.8 Å². The van der Waals surface area contributed by atoms with Gasteiger partial charge in [0.25, 0.3) is 0 Å². The normalized spacial score (nSPS) is 43.8. The molecule has 0 heterocycles. The number of allylic oxidation sites excluding steroid dienone is 2. The van der Waals surface area contributed by atoms with Crippen molar-refractivity contribution >= 4 is 11.6 Å². The van der Waals surface area contributed by atoms with Crippen molar-refractivity contribution < 1.29 is 9.59 Å². The zero-order chi connectivity index (χ0) is 22.2. The van der Waals surface area contributed by atoms with Gasteiger partial charge in [0, 0.05) is 19.3 Å². The third-order valence-electron chi connectivity index (χ3n) is 11.1. The Balaban J connectivity index is 1.37. The molecule has 0 aromatic heterocycles. The average Bonchev–Trinajstić information content (AvgIpc) is 3.39. The topological polar surface area (TPSA) is 34.1 Å². The predicted octanol–water partition coefficient (Wildman–Crippen LogP) is 7.17. The van der Waals surface area contributed by atoms with Crippen LogP contribution >= 0.6 is 0 Å². The molecule has 7 atom stereocenters. The maximum absolute atomic E-state index is 12.8. The summed E-state index contributed by atoms with van der Waals surface area (Å²) in [6.45, 7) is 11.8. The SMILES string of the molecule is CC(C)CC(=O)C[C@@H](C)[C@H]1CC[C@H]2[C@@H]3CC=C4C5(CC5)C(=O)CC[C@]4(C)[C@H]3CC[C@]12C. The molecule has 2 nitrogen and oxygen atoms in total. The standard InChI is InChI=1S/C29H44O2/c1-18(2)16-20(30)17-19(3)22-7-8-23-21-6-9-25-28(5,24(21)10-12-27(22,23)4)13-11-26(31)29(25)14-15-29/h9,18-19,21-24H,6-8,10-17H2,1-5H3/t19-,21+,22-,23+,24+,27-,28-/m1/s1. The Hall–Kier alpha value is -0.920.